The molecule has 158 valence electrons. The van der Waals surface area contributed by atoms with Crippen LogP contribution in [0.1, 0.15) is 29.3 Å². The van der Waals surface area contributed by atoms with Crippen molar-refractivity contribution in [2.45, 2.75) is 18.9 Å². The molecule has 3 aromatic rings. The standard InChI is InChI=1S/C23H26FN3O3/c1-29-13-3-11-25-23(28)27-12-10-18-19-14-17(30-2)8-9-20(19)26-21(18)22(27)15-4-6-16(24)7-5-15/h4-9,14,22,26H,3,10-13H2,1-2H3,(H,25,28)/t22-/m0/s1. The lowest BCUT2D eigenvalue weighted by molar-refractivity contribution is 0.173. The van der Waals surface area contributed by atoms with Gasteiger partial charge in [-0.15, -0.1) is 0 Å². The van der Waals surface area contributed by atoms with Crippen LogP contribution in [-0.2, 0) is 11.2 Å². The summed E-state index contributed by atoms with van der Waals surface area (Å²) >= 11 is 0. The molecule has 2 aromatic carbocycles. The number of ether oxygens (including phenoxy) is 2. The lowest BCUT2D eigenvalue weighted by Gasteiger charge is -2.36. The molecule has 1 aliphatic heterocycles. The Bertz CT molecular complexity index is 1030. The highest BCUT2D eigenvalue weighted by Gasteiger charge is 2.34. The largest absolute Gasteiger partial charge is 0.497 e. The van der Waals surface area contributed by atoms with Crippen LogP contribution in [0.4, 0.5) is 9.18 Å². The van der Waals surface area contributed by atoms with Crippen LogP contribution in [0.5, 0.6) is 5.75 Å². The van der Waals surface area contributed by atoms with Gasteiger partial charge in [-0.3, -0.25) is 0 Å². The number of hydrogen-bond donors (Lipinski definition) is 2. The van der Waals surface area contributed by atoms with Gasteiger partial charge >= 0.3 is 6.03 Å². The normalized spacial score (nSPS) is 15.8. The van der Waals surface area contributed by atoms with Crippen molar-refractivity contribution < 1.29 is 18.7 Å². The first-order valence-electron chi connectivity index (χ1n) is 10.1. The van der Waals surface area contributed by atoms with E-state index in [0.717, 1.165) is 40.8 Å². The van der Waals surface area contributed by atoms with Crippen LogP contribution in [0.2, 0.25) is 0 Å². The molecule has 2 N–H and O–H groups in total. The van der Waals surface area contributed by atoms with E-state index in [1.54, 1.807) is 26.4 Å². The molecular formula is C23H26FN3O3. The SMILES string of the molecule is COCCCNC(=O)N1CCc2c([nH]c3ccc(OC)cc23)[C@@H]1c1ccc(F)cc1. The molecule has 4 rings (SSSR count). The summed E-state index contributed by atoms with van der Waals surface area (Å²) in [4.78, 5) is 18.3. The summed E-state index contributed by atoms with van der Waals surface area (Å²) in [5, 5.41) is 4.07. The molecule has 30 heavy (non-hydrogen) atoms. The second-order valence-electron chi connectivity index (χ2n) is 7.40. The van der Waals surface area contributed by atoms with E-state index in [2.05, 4.69) is 10.3 Å². The van der Waals surface area contributed by atoms with Gasteiger partial charge < -0.3 is 24.7 Å². The van der Waals surface area contributed by atoms with Crippen molar-refractivity contribution in [2.75, 3.05) is 33.9 Å². The van der Waals surface area contributed by atoms with Crippen molar-refractivity contribution in [1.82, 2.24) is 15.2 Å². The Hall–Kier alpha value is -3.06. The number of methoxy groups -OCH3 is 2. The maximum Gasteiger partial charge on any atom is 0.318 e. The second kappa shape index (κ2) is 8.75. The van der Waals surface area contributed by atoms with Gasteiger partial charge in [-0.1, -0.05) is 12.1 Å². The number of urea groups is 1. The quantitative estimate of drug-likeness (QED) is 0.603. The van der Waals surface area contributed by atoms with E-state index < -0.39 is 0 Å². The number of H-pyrrole nitrogens is 1. The van der Waals surface area contributed by atoms with Gasteiger partial charge in [0, 0.05) is 43.4 Å². The van der Waals surface area contributed by atoms with E-state index in [1.807, 2.05) is 23.1 Å². The fourth-order valence-electron chi connectivity index (χ4n) is 4.12. The minimum atomic E-state index is -0.324. The molecule has 0 spiro atoms. The summed E-state index contributed by atoms with van der Waals surface area (Å²) in [7, 11) is 3.29. The third-order valence-corrected chi connectivity index (χ3v) is 5.58. The van der Waals surface area contributed by atoms with Gasteiger partial charge in [-0.2, -0.15) is 0 Å². The summed E-state index contributed by atoms with van der Waals surface area (Å²) in [6.07, 6.45) is 1.47. The molecule has 0 unspecified atom stereocenters. The Morgan fingerprint density at radius 3 is 2.77 bits per heavy atom. The first-order chi connectivity index (χ1) is 14.6. The van der Waals surface area contributed by atoms with E-state index in [9.17, 15) is 9.18 Å². The van der Waals surface area contributed by atoms with Gasteiger partial charge in [-0.25, -0.2) is 9.18 Å². The van der Waals surface area contributed by atoms with Gasteiger partial charge in [-0.05, 0) is 54.3 Å². The minimum absolute atomic E-state index is 0.137. The number of aromatic amines is 1. The number of halogens is 1. The molecule has 2 heterocycles. The van der Waals surface area contributed by atoms with Crippen molar-refractivity contribution in [2.24, 2.45) is 0 Å². The number of hydrogen-bond acceptors (Lipinski definition) is 3. The molecule has 0 bridgehead atoms. The lowest BCUT2D eigenvalue weighted by Crippen LogP contribution is -2.46. The summed E-state index contributed by atoms with van der Waals surface area (Å²) < 4.78 is 24.0. The van der Waals surface area contributed by atoms with Gasteiger partial charge in [0.1, 0.15) is 11.6 Å². The first-order valence-corrected chi connectivity index (χ1v) is 10.1. The predicted octanol–water partition coefficient (Wildman–Crippen LogP) is 4.01. The number of carbonyl (C=O) groups excluding carboxylic acids is 1. The molecule has 2 amide bonds. The molecule has 0 saturated carbocycles. The Balaban J connectivity index is 1.72. The number of fused-ring (bicyclic) bond motifs is 3. The molecule has 0 radical (unpaired) electrons. The number of nitrogens with one attached hydrogen (secondary N) is 2. The second-order valence-corrected chi connectivity index (χ2v) is 7.40. The van der Waals surface area contributed by atoms with Gasteiger partial charge in [0.25, 0.3) is 0 Å². The van der Waals surface area contributed by atoms with Crippen molar-refractivity contribution >= 4 is 16.9 Å². The van der Waals surface area contributed by atoms with Crippen LogP contribution in [0.3, 0.4) is 0 Å². The van der Waals surface area contributed by atoms with E-state index in [1.165, 1.54) is 17.7 Å². The molecule has 1 atom stereocenters. The Labute approximate surface area is 175 Å². The molecule has 0 aliphatic carbocycles. The maximum atomic E-state index is 13.6. The topological polar surface area (TPSA) is 66.6 Å². The van der Waals surface area contributed by atoms with Crippen LogP contribution >= 0.6 is 0 Å². The zero-order chi connectivity index (χ0) is 21.1. The summed E-state index contributed by atoms with van der Waals surface area (Å²) in [5.74, 6) is 0.493. The first kappa shape index (κ1) is 20.2. The Kier molecular flexibility index (Phi) is 5.90. The van der Waals surface area contributed by atoms with Crippen LogP contribution in [0.25, 0.3) is 10.9 Å². The number of amides is 2. The van der Waals surface area contributed by atoms with Gasteiger partial charge in [0.15, 0.2) is 0 Å². The molecule has 1 aromatic heterocycles. The van der Waals surface area contributed by atoms with Crippen LogP contribution < -0.4 is 10.1 Å². The zero-order valence-electron chi connectivity index (χ0n) is 17.2. The number of rotatable bonds is 6. The van der Waals surface area contributed by atoms with Crippen molar-refractivity contribution in [1.29, 1.82) is 0 Å². The van der Waals surface area contributed by atoms with Crippen LogP contribution in [0.15, 0.2) is 42.5 Å². The molecular weight excluding hydrogens is 385 g/mol. The lowest BCUT2D eigenvalue weighted by atomic mass is 9.92. The smallest absolute Gasteiger partial charge is 0.318 e. The number of aromatic nitrogens is 1. The highest BCUT2D eigenvalue weighted by atomic mass is 19.1. The minimum Gasteiger partial charge on any atom is -0.497 e. The fraction of sp³-hybridized carbons (Fsp3) is 0.348. The van der Waals surface area contributed by atoms with E-state index >= 15 is 0 Å². The predicted molar refractivity (Wildman–Crippen MR) is 113 cm³/mol. The van der Waals surface area contributed by atoms with E-state index in [-0.39, 0.29) is 17.9 Å². The van der Waals surface area contributed by atoms with Crippen molar-refractivity contribution in [3.8, 4) is 5.75 Å². The molecule has 6 nitrogen and oxygen atoms in total. The average Bonchev–Trinajstić information content (AvgIpc) is 3.14. The van der Waals surface area contributed by atoms with Crippen molar-refractivity contribution in [3.63, 3.8) is 0 Å². The maximum absolute atomic E-state index is 13.6. The zero-order valence-corrected chi connectivity index (χ0v) is 17.2. The van der Waals surface area contributed by atoms with Gasteiger partial charge in [0.05, 0.1) is 13.2 Å². The third-order valence-electron chi connectivity index (χ3n) is 5.58. The van der Waals surface area contributed by atoms with E-state index in [0.29, 0.717) is 19.7 Å². The Morgan fingerprint density at radius 2 is 2.03 bits per heavy atom. The Morgan fingerprint density at radius 1 is 1.23 bits per heavy atom. The van der Waals surface area contributed by atoms with Crippen LogP contribution in [-0.4, -0.2) is 49.8 Å². The summed E-state index contributed by atoms with van der Waals surface area (Å²) in [5.41, 5.74) is 3.99. The summed E-state index contributed by atoms with van der Waals surface area (Å²) in [6.45, 7) is 1.70. The molecule has 1 aliphatic rings. The van der Waals surface area contributed by atoms with Gasteiger partial charge in [0.2, 0.25) is 0 Å². The third kappa shape index (κ3) is 3.85. The monoisotopic (exact) mass is 411 g/mol. The molecule has 0 saturated heterocycles. The molecule has 0 fully saturated rings. The van der Waals surface area contributed by atoms with Crippen LogP contribution in [0, 0.1) is 5.82 Å². The number of carbonyl (C=O) groups is 1. The fourth-order valence-corrected chi connectivity index (χ4v) is 4.12. The van der Waals surface area contributed by atoms with Crippen molar-refractivity contribution in [3.05, 3.63) is 65.1 Å². The number of benzene rings is 2. The highest BCUT2D eigenvalue weighted by Crippen LogP contribution is 2.39. The number of nitrogens with zero attached hydrogens (tertiary/aromatic N) is 1. The average molecular weight is 411 g/mol. The molecule has 7 heteroatoms. The highest BCUT2D eigenvalue weighted by molar-refractivity contribution is 5.87. The summed E-state index contributed by atoms with van der Waals surface area (Å²) in [6, 6.07) is 11.8. The van der Waals surface area contributed by atoms with E-state index in [4.69, 9.17) is 9.47 Å².